The average Bonchev–Trinajstić information content (AvgIpc) is 3.45. The van der Waals surface area contributed by atoms with Crippen molar-refractivity contribution in [3.63, 3.8) is 0 Å². The summed E-state index contributed by atoms with van der Waals surface area (Å²) in [5, 5.41) is 6.32. The van der Waals surface area contributed by atoms with Crippen molar-refractivity contribution in [3.05, 3.63) is 23.9 Å². The molecule has 6 heteroatoms. The highest BCUT2D eigenvalue weighted by Gasteiger charge is 2.25. The number of carbonyl (C=O) groups excluding carboxylic acids is 2. The summed E-state index contributed by atoms with van der Waals surface area (Å²) in [4.78, 5) is 30.6. The Hall–Kier alpha value is -2.11. The molecule has 0 aromatic carbocycles. The van der Waals surface area contributed by atoms with Crippen molar-refractivity contribution in [3.8, 4) is 0 Å². The van der Waals surface area contributed by atoms with Gasteiger partial charge in [-0.3, -0.25) is 9.59 Å². The van der Waals surface area contributed by atoms with Gasteiger partial charge in [-0.25, -0.2) is 4.98 Å². The Bertz CT molecular complexity index is 598. The lowest BCUT2D eigenvalue weighted by Crippen LogP contribution is -2.43. The zero-order valence-electron chi connectivity index (χ0n) is 15.0. The minimum absolute atomic E-state index is 0.0371. The topological polar surface area (TPSA) is 74.3 Å². The molecule has 1 aliphatic carbocycles. The summed E-state index contributed by atoms with van der Waals surface area (Å²) in [5.41, 5.74) is 0.636. The Kier molecular flexibility index (Phi) is 5.89. The van der Waals surface area contributed by atoms with E-state index in [1.165, 1.54) is 12.8 Å². The molecule has 2 aliphatic rings. The van der Waals surface area contributed by atoms with Crippen LogP contribution < -0.4 is 10.6 Å². The van der Waals surface area contributed by atoms with Gasteiger partial charge in [0, 0.05) is 38.3 Å². The highest BCUT2D eigenvalue weighted by Crippen LogP contribution is 2.24. The van der Waals surface area contributed by atoms with Crippen LogP contribution in [0.1, 0.15) is 55.8 Å². The largest absolute Gasteiger partial charge is 0.367 e. The van der Waals surface area contributed by atoms with Crippen molar-refractivity contribution in [1.82, 2.24) is 15.2 Å². The minimum Gasteiger partial charge on any atom is -0.367 e. The third kappa shape index (κ3) is 5.18. The normalized spacial score (nSPS) is 20.2. The Morgan fingerprint density at radius 1 is 1.28 bits per heavy atom. The molecule has 1 aliphatic heterocycles. The third-order valence-corrected chi connectivity index (χ3v) is 4.81. The van der Waals surface area contributed by atoms with Crippen LogP contribution in [0.15, 0.2) is 18.3 Å². The quantitative estimate of drug-likeness (QED) is 0.797. The second-order valence-corrected chi connectivity index (χ2v) is 7.16. The summed E-state index contributed by atoms with van der Waals surface area (Å²) >= 11 is 0. The number of likely N-dealkylation sites (tertiary alicyclic amines) is 1. The van der Waals surface area contributed by atoms with Crippen LogP contribution in [0.25, 0.3) is 0 Å². The zero-order chi connectivity index (χ0) is 17.6. The molecule has 136 valence electrons. The van der Waals surface area contributed by atoms with Gasteiger partial charge >= 0.3 is 0 Å². The number of nitrogens with zero attached hydrogens (tertiary/aromatic N) is 2. The number of aromatic nitrogens is 1. The van der Waals surface area contributed by atoms with Gasteiger partial charge in [0.2, 0.25) is 5.91 Å². The number of piperidine rings is 1. The molecule has 2 amide bonds. The molecular formula is C19H28N4O2. The molecule has 2 fully saturated rings. The Labute approximate surface area is 149 Å². The van der Waals surface area contributed by atoms with E-state index in [1.54, 1.807) is 6.20 Å². The first-order chi connectivity index (χ1) is 12.2. The summed E-state index contributed by atoms with van der Waals surface area (Å²) in [6.45, 7) is 4.14. The minimum atomic E-state index is 0.0371. The first-order valence-corrected chi connectivity index (χ1v) is 9.44. The van der Waals surface area contributed by atoms with Crippen LogP contribution in [0.2, 0.25) is 0 Å². The van der Waals surface area contributed by atoms with E-state index in [0.717, 1.165) is 31.6 Å². The van der Waals surface area contributed by atoms with Gasteiger partial charge in [0.1, 0.15) is 5.82 Å². The molecule has 6 nitrogen and oxygen atoms in total. The van der Waals surface area contributed by atoms with Crippen LogP contribution in [0, 0.1) is 5.92 Å². The van der Waals surface area contributed by atoms with Crippen LogP contribution in [-0.4, -0.2) is 47.4 Å². The highest BCUT2D eigenvalue weighted by atomic mass is 16.2. The third-order valence-electron chi connectivity index (χ3n) is 4.81. The average molecular weight is 344 g/mol. The van der Waals surface area contributed by atoms with Crippen molar-refractivity contribution in [2.75, 3.05) is 25.0 Å². The number of amides is 2. The molecule has 0 radical (unpaired) electrons. The summed E-state index contributed by atoms with van der Waals surface area (Å²) in [6.07, 6.45) is 7.54. The van der Waals surface area contributed by atoms with E-state index in [0.29, 0.717) is 37.0 Å². The van der Waals surface area contributed by atoms with Crippen LogP contribution in [-0.2, 0) is 4.79 Å². The number of anilines is 1. The van der Waals surface area contributed by atoms with Crippen molar-refractivity contribution < 1.29 is 9.59 Å². The van der Waals surface area contributed by atoms with E-state index in [4.69, 9.17) is 0 Å². The first-order valence-electron chi connectivity index (χ1n) is 9.44. The summed E-state index contributed by atoms with van der Waals surface area (Å²) < 4.78 is 0. The monoisotopic (exact) mass is 344 g/mol. The van der Waals surface area contributed by atoms with Gasteiger partial charge in [0.25, 0.3) is 5.91 Å². The fourth-order valence-corrected chi connectivity index (χ4v) is 3.21. The maximum atomic E-state index is 12.7. The molecule has 2 N–H and O–H groups in total. The van der Waals surface area contributed by atoms with E-state index in [-0.39, 0.29) is 11.8 Å². The van der Waals surface area contributed by atoms with Gasteiger partial charge in [-0.1, -0.05) is 6.92 Å². The summed E-state index contributed by atoms with van der Waals surface area (Å²) in [6, 6.07) is 4.30. The van der Waals surface area contributed by atoms with Crippen LogP contribution in [0.3, 0.4) is 0 Å². The molecule has 2 heterocycles. The van der Waals surface area contributed by atoms with Crippen LogP contribution >= 0.6 is 0 Å². The number of hydrogen-bond acceptors (Lipinski definition) is 4. The molecule has 1 aromatic rings. The molecule has 0 spiro atoms. The smallest absolute Gasteiger partial charge is 0.255 e. The Balaban J connectivity index is 1.51. The van der Waals surface area contributed by atoms with Gasteiger partial charge in [0.15, 0.2) is 0 Å². The van der Waals surface area contributed by atoms with Crippen LogP contribution in [0.4, 0.5) is 5.82 Å². The van der Waals surface area contributed by atoms with E-state index in [9.17, 15) is 9.59 Å². The SMILES string of the molecule is CCCC(=O)NC[C@@H]1CCCN(C(=O)c2ccc(NC3CC3)nc2)C1. The molecule has 1 aromatic heterocycles. The lowest BCUT2D eigenvalue weighted by molar-refractivity contribution is -0.121. The highest BCUT2D eigenvalue weighted by molar-refractivity contribution is 5.94. The van der Waals surface area contributed by atoms with Crippen molar-refractivity contribution in [1.29, 1.82) is 0 Å². The van der Waals surface area contributed by atoms with Gasteiger partial charge in [-0.2, -0.15) is 0 Å². The second kappa shape index (κ2) is 8.32. The Morgan fingerprint density at radius 3 is 2.80 bits per heavy atom. The van der Waals surface area contributed by atoms with Gasteiger partial charge in [-0.05, 0) is 50.2 Å². The van der Waals surface area contributed by atoms with E-state index in [2.05, 4.69) is 15.6 Å². The van der Waals surface area contributed by atoms with E-state index < -0.39 is 0 Å². The number of nitrogens with one attached hydrogen (secondary N) is 2. The maximum Gasteiger partial charge on any atom is 0.255 e. The lowest BCUT2D eigenvalue weighted by atomic mass is 9.97. The van der Waals surface area contributed by atoms with Gasteiger partial charge in [0.05, 0.1) is 5.56 Å². The van der Waals surface area contributed by atoms with Crippen molar-refractivity contribution >= 4 is 17.6 Å². The van der Waals surface area contributed by atoms with E-state index in [1.807, 2.05) is 24.0 Å². The summed E-state index contributed by atoms with van der Waals surface area (Å²) in [7, 11) is 0. The molecule has 0 unspecified atom stereocenters. The number of hydrogen-bond donors (Lipinski definition) is 2. The zero-order valence-corrected chi connectivity index (χ0v) is 15.0. The molecule has 25 heavy (non-hydrogen) atoms. The summed E-state index contributed by atoms with van der Waals surface area (Å²) in [5.74, 6) is 1.32. The molecule has 3 rings (SSSR count). The van der Waals surface area contributed by atoms with Crippen LogP contribution in [0.5, 0.6) is 0 Å². The Morgan fingerprint density at radius 2 is 2.12 bits per heavy atom. The molecule has 1 atom stereocenters. The number of pyridine rings is 1. The molecule has 1 saturated carbocycles. The predicted octanol–water partition coefficient (Wildman–Crippen LogP) is 2.42. The van der Waals surface area contributed by atoms with E-state index >= 15 is 0 Å². The standard InChI is InChI=1S/C19H28N4O2/c1-2-4-18(24)21-11-14-5-3-10-23(13-14)19(25)15-6-9-17(20-12-15)22-16-7-8-16/h6,9,12,14,16H,2-5,7-8,10-11,13H2,1H3,(H,20,22)(H,21,24)/t14-/m0/s1. The fraction of sp³-hybridized carbons (Fsp3) is 0.632. The first kappa shape index (κ1) is 17.7. The molecule has 1 saturated heterocycles. The van der Waals surface area contributed by atoms with Gasteiger partial charge < -0.3 is 15.5 Å². The maximum absolute atomic E-state index is 12.7. The lowest BCUT2D eigenvalue weighted by Gasteiger charge is -2.33. The second-order valence-electron chi connectivity index (χ2n) is 7.16. The van der Waals surface area contributed by atoms with Crippen molar-refractivity contribution in [2.45, 2.75) is 51.5 Å². The predicted molar refractivity (Wildman–Crippen MR) is 97.4 cm³/mol. The number of rotatable bonds is 7. The molecule has 0 bridgehead atoms. The molecular weight excluding hydrogens is 316 g/mol. The number of carbonyl (C=O) groups is 2. The fourth-order valence-electron chi connectivity index (χ4n) is 3.21. The van der Waals surface area contributed by atoms with Crippen molar-refractivity contribution in [2.24, 2.45) is 5.92 Å². The van der Waals surface area contributed by atoms with Gasteiger partial charge in [-0.15, -0.1) is 0 Å².